The standard InChI is InChI=1S/C17H21N3/c1-20(15-10-12-18-13-15)17(14-7-3-2-4-8-14)16-9-5-6-11-19-16/h2-9,11,15,17-18H,10,12-13H2,1H3. The molecular formula is C17H21N3. The van der Waals surface area contributed by atoms with E-state index in [1.54, 1.807) is 0 Å². The lowest BCUT2D eigenvalue weighted by Crippen LogP contribution is -2.37. The van der Waals surface area contributed by atoms with Gasteiger partial charge in [-0.1, -0.05) is 36.4 Å². The smallest absolute Gasteiger partial charge is 0.0776 e. The number of benzene rings is 1. The van der Waals surface area contributed by atoms with Gasteiger partial charge in [-0.3, -0.25) is 9.88 Å². The largest absolute Gasteiger partial charge is 0.315 e. The Hall–Kier alpha value is -1.71. The van der Waals surface area contributed by atoms with Crippen LogP contribution in [0.15, 0.2) is 54.7 Å². The van der Waals surface area contributed by atoms with Crippen molar-refractivity contribution in [2.24, 2.45) is 0 Å². The molecule has 0 bridgehead atoms. The van der Waals surface area contributed by atoms with Gasteiger partial charge < -0.3 is 5.32 Å². The summed E-state index contributed by atoms with van der Waals surface area (Å²) in [5, 5.41) is 3.45. The molecule has 20 heavy (non-hydrogen) atoms. The second-order valence-corrected chi connectivity index (χ2v) is 5.38. The number of likely N-dealkylation sites (N-methyl/N-ethyl adjacent to an activating group) is 1. The van der Waals surface area contributed by atoms with Crippen LogP contribution >= 0.6 is 0 Å². The van der Waals surface area contributed by atoms with E-state index in [0.717, 1.165) is 18.8 Å². The Bertz CT molecular complexity index is 481. The van der Waals surface area contributed by atoms with Crippen molar-refractivity contribution < 1.29 is 0 Å². The Balaban J connectivity index is 1.95. The number of nitrogens with zero attached hydrogens (tertiary/aromatic N) is 2. The summed E-state index contributed by atoms with van der Waals surface area (Å²) in [5.74, 6) is 0. The molecule has 0 aliphatic carbocycles. The molecular weight excluding hydrogens is 246 g/mol. The summed E-state index contributed by atoms with van der Waals surface area (Å²) in [7, 11) is 2.21. The van der Waals surface area contributed by atoms with Gasteiger partial charge in [0.25, 0.3) is 0 Å². The summed E-state index contributed by atoms with van der Waals surface area (Å²) in [5.41, 5.74) is 2.42. The van der Waals surface area contributed by atoms with Crippen molar-refractivity contribution in [3.05, 3.63) is 66.0 Å². The zero-order chi connectivity index (χ0) is 13.8. The molecule has 104 valence electrons. The summed E-state index contributed by atoms with van der Waals surface area (Å²) in [6.07, 6.45) is 3.08. The molecule has 1 aromatic carbocycles. The lowest BCUT2D eigenvalue weighted by Gasteiger charge is -2.32. The Morgan fingerprint density at radius 2 is 1.95 bits per heavy atom. The zero-order valence-electron chi connectivity index (χ0n) is 11.9. The molecule has 2 unspecified atom stereocenters. The first-order chi connectivity index (χ1) is 9.86. The highest BCUT2D eigenvalue weighted by Gasteiger charge is 2.28. The fourth-order valence-electron chi connectivity index (χ4n) is 2.99. The van der Waals surface area contributed by atoms with Gasteiger partial charge in [-0.15, -0.1) is 0 Å². The van der Waals surface area contributed by atoms with Crippen molar-refractivity contribution in [1.82, 2.24) is 15.2 Å². The molecule has 3 heteroatoms. The first kappa shape index (κ1) is 13.3. The van der Waals surface area contributed by atoms with Crippen molar-refractivity contribution in [3.8, 4) is 0 Å². The van der Waals surface area contributed by atoms with E-state index in [0.29, 0.717) is 6.04 Å². The van der Waals surface area contributed by atoms with Crippen LogP contribution in [-0.2, 0) is 0 Å². The van der Waals surface area contributed by atoms with E-state index in [2.05, 4.69) is 64.7 Å². The predicted molar refractivity (Wildman–Crippen MR) is 81.6 cm³/mol. The van der Waals surface area contributed by atoms with Gasteiger partial charge in [0.2, 0.25) is 0 Å². The van der Waals surface area contributed by atoms with Crippen LogP contribution in [-0.4, -0.2) is 36.1 Å². The van der Waals surface area contributed by atoms with Gasteiger partial charge in [-0.25, -0.2) is 0 Å². The maximum Gasteiger partial charge on any atom is 0.0776 e. The molecule has 3 nitrogen and oxygen atoms in total. The second kappa shape index (κ2) is 6.16. The molecule has 2 heterocycles. The highest BCUT2D eigenvalue weighted by atomic mass is 15.2. The van der Waals surface area contributed by atoms with Gasteiger partial charge in [-0.2, -0.15) is 0 Å². The number of pyridine rings is 1. The van der Waals surface area contributed by atoms with E-state index in [9.17, 15) is 0 Å². The van der Waals surface area contributed by atoms with Gasteiger partial charge in [0.05, 0.1) is 11.7 Å². The quantitative estimate of drug-likeness (QED) is 0.922. The molecule has 1 N–H and O–H groups in total. The summed E-state index contributed by atoms with van der Waals surface area (Å²) in [6.45, 7) is 2.17. The zero-order valence-corrected chi connectivity index (χ0v) is 11.9. The molecule has 0 radical (unpaired) electrons. The van der Waals surface area contributed by atoms with Crippen LogP contribution in [0.4, 0.5) is 0 Å². The van der Waals surface area contributed by atoms with Crippen molar-refractivity contribution >= 4 is 0 Å². The molecule has 3 rings (SSSR count). The van der Waals surface area contributed by atoms with E-state index in [1.807, 2.05) is 12.3 Å². The predicted octanol–water partition coefficient (Wildman–Crippen LogP) is 2.46. The van der Waals surface area contributed by atoms with E-state index >= 15 is 0 Å². The summed E-state index contributed by atoms with van der Waals surface area (Å²) in [4.78, 5) is 7.04. The van der Waals surface area contributed by atoms with E-state index in [-0.39, 0.29) is 6.04 Å². The monoisotopic (exact) mass is 267 g/mol. The SMILES string of the molecule is CN(C1CCNC1)C(c1ccccc1)c1ccccn1. The van der Waals surface area contributed by atoms with Gasteiger partial charge in [0.15, 0.2) is 0 Å². The topological polar surface area (TPSA) is 28.2 Å². The van der Waals surface area contributed by atoms with Crippen LogP contribution in [0.2, 0.25) is 0 Å². The molecule has 0 saturated carbocycles. The van der Waals surface area contributed by atoms with Gasteiger partial charge in [0.1, 0.15) is 0 Å². The Morgan fingerprint density at radius 3 is 2.60 bits per heavy atom. The Kier molecular flexibility index (Phi) is 4.09. The normalized spacial score (nSPS) is 20.2. The Morgan fingerprint density at radius 1 is 1.15 bits per heavy atom. The van der Waals surface area contributed by atoms with E-state index in [4.69, 9.17) is 0 Å². The average molecular weight is 267 g/mol. The van der Waals surface area contributed by atoms with Crippen LogP contribution in [0.1, 0.15) is 23.7 Å². The first-order valence-corrected chi connectivity index (χ1v) is 7.25. The Labute approximate surface area is 120 Å². The van der Waals surface area contributed by atoms with Crippen LogP contribution in [0, 0.1) is 0 Å². The number of aromatic nitrogens is 1. The van der Waals surface area contributed by atoms with E-state index < -0.39 is 0 Å². The van der Waals surface area contributed by atoms with Crippen molar-refractivity contribution in [1.29, 1.82) is 0 Å². The summed E-state index contributed by atoms with van der Waals surface area (Å²) < 4.78 is 0. The lowest BCUT2D eigenvalue weighted by molar-refractivity contribution is 0.207. The second-order valence-electron chi connectivity index (χ2n) is 5.38. The fraction of sp³-hybridized carbons (Fsp3) is 0.353. The molecule has 1 saturated heterocycles. The van der Waals surface area contributed by atoms with E-state index in [1.165, 1.54) is 12.0 Å². The number of hydrogen-bond acceptors (Lipinski definition) is 3. The summed E-state index contributed by atoms with van der Waals surface area (Å²) in [6, 6.07) is 17.6. The van der Waals surface area contributed by atoms with Gasteiger partial charge >= 0.3 is 0 Å². The number of rotatable bonds is 4. The fourth-order valence-corrected chi connectivity index (χ4v) is 2.99. The molecule has 0 amide bonds. The molecule has 0 spiro atoms. The molecule has 2 aromatic rings. The number of hydrogen-bond donors (Lipinski definition) is 1. The van der Waals surface area contributed by atoms with Gasteiger partial charge in [0, 0.05) is 18.8 Å². The lowest BCUT2D eigenvalue weighted by atomic mass is 10.00. The minimum atomic E-state index is 0.224. The molecule has 1 fully saturated rings. The van der Waals surface area contributed by atoms with Gasteiger partial charge in [-0.05, 0) is 37.7 Å². The third kappa shape index (κ3) is 2.74. The minimum Gasteiger partial charge on any atom is -0.315 e. The molecule has 1 aliphatic heterocycles. The summed E-state index contributed by atoms with van der Waals surface area (Å²) >= 11 is 0. The molecule has 2 atom stereocenters. The highest BCUT2D eigenvalue weighted by molar-refractivity contribution is 5.28. The minimum absolute atomic E-state index is 0.224. The average Bonchev–Trinajstić information content (AvgIpc) is 3.04. The first-order valence-electron chi connectivity index (χ1n) is 7.25. The maximum absolute atomic E-state index is 4.59. The third-order valence-electron chi connectivity index (χ3n) is 4.10. The number of nitrogens with one attached hydrogen (secondary N) is 1. The highest BCUT2D eigenvalue weighted by Crippen LogP contribution is 2.28. The van der Waals surface area contributed by atoms with Crippen LogP contribution in [0.5, 0.6) is 0 Å². The van der Waals surface area contributed by atoms with Crippen LogP contribution in [0.3, 0.4) is 0 Å². The molecule has 1 aromatic heterocycles. The molecule has 1 aliphatic rings. The maximum atomic E-state index is 4.59. The van der Waals surface area contributed by atoms with Crippen molar-refractivity contribution in [3.63, 3.8) is 0 Å². The van der Waals surface area contributed by atoms with Crippen molar-refractivity contribution in [2.45, 2.75) is 18.5 Å². The third-order valence-corrected chi connectivity index (χ3v) is 4.10. The van der Waals surface area contributed by atoms with Crippen LogP contribution < -0.4 is 5.32 Å². The van der Waals surface area contributed by atoms with Crippen molar-refractivity contribution in [2.75, 3.05) is 20.1 Å². The van der Waals surface area contributed by atoms with Crippen LogP contribution in [0.25, 0.3) is 0 Å².